The summed E-state index contributed by atoms with van der Waals surface area (Å²) in [6, 6.07) is 16.5. The molecule has 5 nitrogen and oxygen atoms in total. The predicted octanol–water partition coefficient (Wildman–Crippen LogP) is 4.86. The van der Waals surface area contributed by atoms with E-state index < -0.39 is 0 Å². The number of benzene rings is 2. The van der Waals surface area contributed by atoms with E-state index >= 15 is 0 Å². The Balaban J connectivity index is 1.48. The van der Waals surface area contributed by atoms with Crippen molar-refractivity contribution >= 4 is 16.7 Å². The minimum atomic E-state index is -0.224. The third kappa shape index (κ3) is 3.58. The average Bonchev–Trinajstić information content (AvgIpc) is 3.07. The molecule has 0 aliphatic carbocycles. The van der Waals surface area contributed by atoms with Crippen LogP contribution in [0.2, 0.25) is 0 Å². The minimum Gasteiger partial charge on any atom is -0.368 e. The van der Waals surface area contributed by atoms with Crippen LogP contribution in [0.15, 0.2) is 54.6 Å². The molecule has 142 valence electrons. The number of H-pyrrole nitrogens is 1. The number of fused-ring (bicyclic) bond motifs is 1. The van der Waals surface area contributed by atoms with Gasteiger partial charge in [-0.05, 0) is 48.9 Å². The molecular formula is C22H22FN5. The molecule has 6 heteroatoms. The van der Waals surface area contributed by atoms with Crippen molar-refractivity contribution in [2.75, 3.05) is 11.9 Å². The summed E-state index contributed by atoms with van der Waals surface area (Å²) in [5, 5.41) is 20.3. The zero-order chi connectivity index (χ0) is 19.7. The molecule has 4 aromatic rings. The summed E-state index contributed by atoms with van der Waals surface area (Å²) in [5.41, 5.74) is 4.68. The van der Waals surface area contributed by atoms with Crippen LogP contribution in [0.25, 0.3) is 22.2 Å². The Hall–Kier alpha value is -3.28. The average molecular weight is 375 g/mol. The fourth-order valence-electron chi connectivity index (χ4n) is 3.19. The molecule has 0 unspecified atom stereocenters. The molecular weight excluding hydrogens is 353 g/mol. The Labute approximate surface area is 163 Å². The molecule has 0 fully saturated rings. The van der Waals surface area contributed by atoms with Gasteiger partial charge < -0.3 is 5.32 Å². The number of nitrogens with one attached hydrogen (secondary N) is 2. The molecule has 2 heterocycles. The first-order valence-electron chi connectivity index (χ1n) is 9.21. The summed E-state index contributed by atoms with van der Waals surface area (Å²) in [4.78, 5) is 0. The van der Waals surface area contributed by atoms with Crippen molar-refractivity contribution in [1.82, 2.24) is 20.4 Å². The number of halogens is 1. The molecule has 28 heavy (non-hydrogen) atoms. The Morgan fingerprint density at radius 2 is 1.79 bits per heavy atom. The number of aromatic amines is 1. The molecule has 2 aromatic carbocycles. The molecule has 0 aliphatic heterocycles. The highest BCUT2D eigenvalue weighted by molar-refractivity contribution is 5.85. The van der Waals surface area contributed by atoms with Crippen molar-refractivity contribution in [2.45, 2.75) is 26.2 Å². The summed E-state index contributed by atoms with van der Waals surface area (Å²) in [6.07, 6.45) is 0. The Kier molecular flexibility index (Phi) is 4.55. The summed E-state index contributed by atoms with van der Waals surface area (Å²) < 4.78 is 13.2. The third-order valence-electron chi connectivity index (χ3n) is 5.04. The highest BCUT2D eigenvalue weighted by atomic mass is 19.1. The lowest BCUT2D eigenvalue weighted by Crippen LogP contribution is -2.28. The minimum absolute atomic E-state index is 0.169. The van der Waals surface area contributed by atoms with Gasteiger partial charge in [-0.25, -0.2) is 4.39 Å². The monoisotopic (exact) mass is 375 g/mol. The van der Waals surface area contributed by atoms with E-state index in [0.29, 0.717) is 12.4 Å². The van der Waals surface area contributed by atoms with Crippen molar-refractivity contribution in [3.63, 3.8) is 0 Å². The fraction of sp³-hybridized carbons (Fsp3) is 0.227. The maximum atomic E-state index is 13.2. The van der Waals surface area contributed by atoms with Crippen LogP contribution >= 0.6 is 0 Å². The molecule has 0 atom stereocenters. The lowest BCUT2D eigenvalue weighted by Gasteiger charge is -2.25. The van der Waals surface area contributed by atoms with Gasteiger partial charge in [0, 0.05) is 28.6 Å². The number of hydrogen-bond donors (Lipinski definition) is 2. The highest BCUT2D eigenvalue weighted by Gasteiger charge is 2.20. The highest BCUT2D eigenvalue weighted by Crippen LogP contribution is 2.25. The Morgan fingerprint density at radius 3 is 2.50 bits per heavy atom. The first-order chi connectivity index (χ1) is 13.4. The van der Waals surface area contributed by atoms with Crippen LogP contribution in [0.3, 0.4) is 0 Å². The van der Waals surface area contributed by atoms with Crippen molar-refractivity contribution in [3.8, 4) is 11.3 Å². The van der Waals surface area contributed by atoms with E-state index in [1.54, 1.807) is 0 Å². The molecule has 0 amide bonds. The van der Waals surface area contributed by atoms with Gasteiger partial charge in [0.1, 0.15) is 11.6 Å². The first kappa shape index (κ1) is 18.1. The van der Waals surface area contributed by atoms with Crippen LogP contribution in [0.1, 0.15) is 25.1 Å². The van der Waals surface area contributed by atoms with Gasteiger partial charge in [0.25, 0.3) is 0 Å². The second kappa shape index (κ2) is 7.03. The maximum absolute atomic E-state index is 13.2. The Bertz CT molecular complexity index is 1100. The largest absolute Gasteiger partial charge is 0.368 e. The SMILES string of the molecule is Cc1[nH]nc2ccc(-c3ccc(NCC(C)(C)c4ccc(F)cc4)nn3)cc12. The van der Waals surface area contributed by atoms with Crippen LogP contribution in [0.4, 0.5) is 10.2 Å². The van der Waals surface area contributed by atoms with Crippen LogP contribution < -0.4 is 5.32 Å². The normalized spacial score (nSPS) is 11.7. The standard InChI is InChI=1S/C22H22FN5/c1-14-18-12-15(4-9-20(18)27-25-14)19-10-11-21(28-26-19)24-13-22(2,3)16-5-7-17(23)8-6-16/h4-12H,13H2,1-3H3,(H,24,28)(H,25,27). The van der Waals surface area contributed by atoms with E-state index in [0.717, 1.165) is 33.4 Å². The summed E-state index contributed by atoms with van der Waals surface area (Å²) in [7, 11) is 0. The second-order valence-electron chi connectivity index (χ2n) is 7.63. The molecule has 0 bridgehead atoms. The number of rotatable bonds is 5. The van der Waals surface area contributed by atoms with Crippen LogP contribution in [0, 0.1) is 12.7 Å². The van der Waals surface area contributed by atoms with E-state index in [1.165, 1.54) is 12.1 Å². The topological polar surface area (TPSA) is 66.5 Å². The van der Waals surface area contributed by atoms with E-state index in [4.69, 9.17) is 0 Å². The molecule has 4 rings (SSSR count). The smallest absolute Gasteiger partial charge is 0.148 e. The van der Waals surface area contributed by atoms with Crippen molar-refractivity contribution in [1.29, 1.82) is 0 Å². The second-order valence-corrected chi connectivity index (χ2v) is 7.63. The molecule has 0 saturated heterocycles. The lowest BCUT2D eigenvalue weighted by atomic mass is 9.84. The summed E-state index contributed by atoms with van der Waals surface area (Å²) >= 11 is 0. The van der Waals surface area contributed by atoms with E-state index in [9.17, 15) is 4.39 Å². The lowest BCUT2D eigenvalue weighted by molar-refractivity contribution is 0.552. The maximum Gasteiger partial charge on any atom is 0.148 e. The molecule has 2 aromatic heterocycles. The Morgan fingerprint density at radius 1 is 1.00 bits per heavy atom. The van der Waals surface area contributed by atoms with Gasteiger partial charge in [0.05, 0.1) is 11.2 Å². The quantitative estimate of drug-likeness (QED) is 0.523. The van der Waals surface area contributed by atoms with Gasteiger partial charge in [-0.2, -0.15) is 5.10 Å². The van der Waals surface area contributed by atoms with Crippen LogP contribution in [-0.4, -0.2) is 26.9 Å². The molecule has 0 radical (unpaired) electrons. The van der Waals surface area contributed by atoms with E-state index in [2.05, 4.69) is 45.6 Å². The molecule has 0 aliphatic rings. The van der Waals surface area contributed by atoms with Crippen LogP contribution in [0.5, 0.6) is 0 Å². The number of aromatic nitrogens is 4. The van der Waals surface area contributed by atoms with Gasteiger partial charge in [0.15, 0.2) is 0 Å². The number of nitrogens with zero attached hydrogens (tertiary/aromatic N) is 3. The van der Waals surface area contributed by atoms with Gasteiger partial charge in [-0.3, -0.25) is 5.10 Å². The summed E-state index contributed by atoms with van der Waals surface area (Å²) in [6.45, 7) is 6.88. The van der Waals surface area contributed by atoms with Crippen molar-refractivity contribution in [2.24, 2.45) is 0 Å². The van der Waals surface area contributed by atoms with Crippen LogP contribution in [-0.2, 0) is 5.41 Å². The molecule has 2 N–H and O–H groups in total. The van der Waals surface area contributed by atoms with E-state index in [-0.39, 0.29) is 11.2 Å². The number of hydrogen-bond acceptors (Lipinski definition) is 4. The predicted molar refractivity (Wildman–Crippen MR) is 110 cm³/mol. The fourth-order valence-corrected chi connectivity index (χ4v) is 3.19. The number of aryl methyl sites for hydroxylation is 1. The zero-order valence-corrected chi connectivity index (χ0v) is 16.1. The summed E-state index contributed by atoms with van der Waals surface area (Å²) in [5.74, 6) is 0.484. The van der Waals surface area contributed by atoms with Gasteiger partial charge >= 0.3 is 0 Å². The van der Waals surface area contributed by atoms with Gasteiger partial charge in [0.2, 0.25) is 0 Å². The van der Waals surface area contributed by atoms with Gasteiger partial charge in [-0.15, -0.1) is 10.2 Å². The molecule has 0 spiro atoms. The third-order valence-corrected chi connectivity index (χ3v) is 5.04. The number of anilines is 1. The van der Waals surface area contributed by atoms with E-state index in [1.807, 2.05) is 43.3 Å². The zero-order valence-electron chi connectivity index (χ0n) is 16.1. The van der Waals surface area contributed by atoms with Crippen molar-refractivity contribution < 1.29 is 4.39 Å². The molecule has 0 saturated carbocycles. The first-order valence-corrected chi connectivity index (χ1v) is 9.21. The van der Waals surface area contributed by atoms with Crippen molar-refractivity contribution in [3.05, 3.63) is 71.7 Å². The van der Waals surface area contributed by atoms with Gasteiger partial charge in [-0.1, -0.05) is 32.0 Å².